The summed E-state index contributed by atoms with van der Waals surface area (Å²) in [7, 11) is 0. The summed E-state index contributed by atoms with van der Waals surface area (Å²) in [5, 5.41) is 5.13. The van der Waals surface area contributed by atoms with Gasteiger partial charge in [0.2, 0.25) is 0 Å². The molecule has 0 spiro atoms. The predicted molar refractivity (Wildman–Crippen MR) is 81.4 cm³/mol. The number of H-pyrrole nitrogens is 1. The third kappa shape index (κ3) is 2.55. The van der Waals surface area contributed by atoms with Crippen LogP contribution in [0.25, 0.3) is 10.9 Å². The third-order valence-corrected chi connectivity index (χ3v) is 4.72. The van der Waals surface area contributed by atoms with Gasteiger partial charge >= 0.3 is 0 Å². The van der Waals surface area contributed by atoms with Gasteiger partial charge in [-0.05, 0) is 42.9 Å². The molecule has 2 N–H and O–H groups in total. The van der Waals surface area contributed by atoms with Crippen molar-refractivity contribution in [2.45, 2.75) is 45.6 Å². The molecular weight excluding hydrogens is 232 g/mol. The molecule has 1 heterocycles. The second-order valence-electron chi connectivity index (χ2n) is 6.50. The monoisotopic (exact) mass is 256 g/mol. The first-order valence-electron chi connectivity index (χ1n) is 7.45. The van der Waals surface area contributed by atoms with Crippen molar-refractivity contribution in [3.05, 3.63) is 36.0 Å². The number of rotatable bonds is 4. The molecule has 102 valence electrons. The lowest BCUT2D eigenvalue weighted by molar-refractivity contribution is 0.285. The Balaban J connectivity index is 1.61. The molecule has 1 unspecified atom stereocenters. The van der Waals surface area contributed by atoms with Crippen molar-refractivity contribution < 1.29 is 0 Å². The third-order valence-electron chi connectivity index (χ3n) is 4.72. The number of aromatic amines is 1. The van der Waals surface area contributed by atoms with Crippen LogP contribution in [0.5, 0.6) is 0 Å². The van der Waals surface area contributed by atoms with Gasteiger partial charge in [-0.3, -0.25) is 0 Å². The SMILES string of the molecule is CC1(C)CCCC1NCCc1c[nH]c2ccccc12. The van der Waals surface area contributed by atoms with E-state index >= 15 is 0 Å². The summed E-state index contributed by atoms with van der Waals surface area (Å²) in [4.78, 5) is 3.36. The number of hydrogen-bond acceptors (Lipinski definition) is 1. The highest BCUT2D eigenvalue weighted by atomic mass is 14.9. The van der Waals surface area contributed by atoms with E-state index < -0.39 is 0 Å². The van der Waals surface area contributed by atoms with E-state index in [-0.39, 0.29) is 0 Å². The molecule has 2 heteroatoms. The fourth-order valence-electron chi connectivity index (χ4n) is 3.42. The topological polar surface area (TPSA) is 27.8 Å². The van der Waals surface area contributed by atoms with Crippen LogP contribution in [0.4, 0.5) is 0 Å². The quantitative estimate of drug-likeness (QED) is 0.853. The Kier molecular flexibility index (Phi) is 3.36. The fraction of sp³-hybridized carbons (Fsp3) is 0.529. The first-order valence-corrected chi connectivity index (χ1v) is 7.45. The molecule has 2 aromatic rings. The van der Waals surface area contributed by atoms with Gasteiger partial charge in [0.15, 0.2) is 0 Å². The van der Waals surface area contributed by atoms with E-state index in [1.54, 1.807) is 0 Å². The van der Waals surface area contributed by atoms with Crippen molar-refractivity contribution in [2.75, 3.05) is 6.54 Å². The highest BCUT2D eigenvalue weighted by molar-refractivity contribution is 5.83. The van der Waals surface area contributed by atoms with Crippen LogP contribution in [0, 0.1) is 5.41 Å². The van der Waals surface area contributed by atoms with Gasteiger partial charge in [0.1, 0.15) is 0 Å². The zero-order valence-corrected chi connectivity index (χ0v) is 12.0. The summed E-state index contributed by atoms with van der Waals surface area (Å²) in [6.45, 7) is 5.86. The van der Waals surface area contributed by atoms with E-state index in [9.17, 15) is 0 Å². The molecule has 1 saturated carbocycles. The van der Waals surface area contributed by atoms with Gasteiger partial charge in [-0.2, -0.15) is 0 Å². The van der Waals surface area contributed by atoms with Gasteiger partial charge < -0.3 is 10.3 Å². The minimum Gasteiger partial charge on any atom is -0.361 e. The Labute approximate surface area is 115 Å². The molecule has 1 aliphatic rings. The number of hydrogen-bond donors (Lipinski definition) is 2. The summed E-state index contributed by atoms with van der Waals surface area (Å²) in [5.74, 6) is 0. The van der Waals surface area contributed by atoms with E-state index in [0.717, 1.165) is 13.0 Å². The molecule has 1 aromatic heterocycles. The maximum absolute atomic E-state index is 3.76. The number of para-hydroxylation sites is 1. The molecule has 19 heavy (non-hydrogen) atoms. The highest BCUT2D eigenvalue weighted by Crippen LogP contribution is 2.37. The van der Waals surface area contributed by atoms with Gasteiger partial charge in [-0.15, -0.1) is 0 Å². The summed E-state index contributed by atoms with van der Waals surface area (Å²) in [5.41, 5.74) is 3.15. The minimum absolute atomic E-state index is 0.472. The Morgan fingerprint density at radius 2 is 2.16 bits per heavy atom. The molecule has 0 bridgehead atoms. The van der Waals surface area contributed by atoms with Crippen molar-refractivity contribution in [3.63, 3.8) is 0 Å². The molecule has 1 fully saturated rings. The summed E-state index contributed by atoms with van der Waals surface area (Å²) in [6, 6.07) is 9.25. The second-order valence-corrected chi connectivity index (χ2v) is 6.50. The van der Waals surface area contributed by atoms with Gasteiger partial charge in [-0.25, -0.2) is 0 Å². The van der Waals surface area contributed by atoms with Gasteiger partial charge in [0.25, 0.3) is 0 Å². The van der Waals surface area contributed by atoms with Crippen molar-refractivity contribution in [1.29, 1.82) is 0 Å². The van der Waals surface area contributed by atoms with Crippen LogP contribution in [-0.4, -0.2) is 17.6 Å². The molecule has 0 amide bonds. The van der Waals surface area contributed by atoms with E-state index in [1.807, 2.05) is 0 Å². The Bertz CT molecular complexity index is 553. The summed E-state index contributed by atoms with van der Waals surface area (Å²) in [6.07, 6.45) is 7.33. The van der Waals surface area contributed by atoms with Crippen molar-refractivity contribution >= 4 is 10.9 Å². The Morgan fingerprint density at radius 1 is 1.32 bits per heavy atom. The van der Waals surface area contributed by atoms with Crippen molar-refractivity contribution in [2.24, 2.45) is 5.41 Å². The van der Waals surface area contributed by atoms with Crippen LogP contribution in [0.1, 0.15) is 38.7 Å². The Morgan fingerprint density at radius 3 is 2.95 bits per heavy atom. The molecular formula is C17H24N2. The Hall–Kier alpha value is -1.28. The van der Waals surface area contributed by atoms with E-state index in [2.05, 4.69) is 54.6 Å². The largest absolute Gasteiger partial charge is 0.361 e. The molecule has 0 aliphatic heterocycles. The lowest BCUT2D eigenvalue weighted by Gasteiger charge is -2.28. The lowest BCUT2D eigenvalue weighted by Crippen LogP contribution is -2.38. The highest BCUT2D eigenvalue weighted by Gasteiger charge is 2.33. The van der Waals surface area contributed by atoms with Gasteiger partial charge in [0, 0.05) is 23.1 Å². The van der Waals surface area contributed by atoms with Crippen LogP contribution in [0.3, 0.4) is 0 Å². The van der Waals surface area contributed by atoms with Crippen molar-refractivity contribution in [3.8, 4) is 0 Å². The molecule has 1 aromatic carbocycles. The van der Waals surface area contributed by atoms with Crippen LogP contribution in [0.2, 0.25) is 0 Å². The number of nitrogens with one attached hydrogen (secondary N) is 2. The number of benzene rings is 1. The van der Waals surface area contributed by atoms with Crippen LogP contribution in [0.15, 0.2) is 30.5 Å². The van der Waals surface area contributed by atoms with E-state index in [1.165, 1.54) is 35.7 Å². The maximum atomic E-state index is 3.76. The minimum atomic E-state index is 0.472. The fourth-order valence-corrected chi connectivity index (χ4v) is 3.42. The van der Waals surface area contributed by atoms with Crippen molar-refractivity contribution in [1.82, 2.24) is 10.3 Å². The molecule has 0 saturated heterocycles. The zero-order valence-electron chi connectivity index (χ0n) is 12.0. The normalized spacial score (nSPS) is 22.1. The van der Waals surface area contributed by atoms with Crippen LogP contribution >= 0.6 is 0 Å². The molecule has 0 radical (unpaired) electrons. The molecule has 1 aliphatic carbocycles. The zero-order chi connectivity index (χ0) is 13.3. The van der Waals surface area contributed by atoms with Crippen LogP contribution in [-0.2, 0) is 6.42 Å². The average molecular weight is 256 g/mol. The average Bonchev–Trinajstić information content (AvgIpc) is 2.94. The lowest BCUT2D eigenvalue weighted by atomic mass is 9.87. The number of fused-ring (bicyclic) bond motifs is 1. The first-order chi connectivity index (χ1) is 9.17. The second kappa shape index (κ2) is 5.01. The molecule has 2 nitrogen and oxygen atoms in total. The summed E-state index contributed by atoms with van der Waals surface area (Å²) >= 11 is 0. The summed E-state index contributed by atoms with van der Waals surface area (Å²) < 4.78 is 0. The van der Waals surface area contributed by atoms with Crippen LogP contribution < -0.4 is 5.32 Å². The van der Waals surface area contributed by atoms with Gasteiger partial charge in [0.05, 0.1) is 0 Å². The molecule has 1 atom stereocenters. The van der Waals surface area contributed by atoms with Gasteiger partial charge in [-0.1, -0.05) is 38.5 Å². The predicted octanol–water partition coefficient (Wildman–Crippen LogP) is 3.88. The smallest absolute Gasteiger partial charge is 0.0456 e. The van der Waals surface area contributed by atoms with E-state index in [0.29, 0.717) is 11.5 Å². The maximum Gasteiger partial charge on any atom is 0.0456 e. The van der Waals surface area contributed by atoms with E-state index in [4.69, 9.17) is 0 Å². The standard InChI is InChI=1S/C17H24N2/c1-17(2)10-5-8-16(17)18-11-9-13-12-19-15-7-4-3-6-14(13)15/h3-4,6-7,12,16,18-19H,5,8-11H2,1-2H3. The first kappa shape index (κ1) is 12.7. The number of aromatic nitrogens is 1. The molecule has 3 rings (SSSR count).